The van der Waals surface area contributed by atoms with Crippen molar-refractivity contribution >= 4 is 5.91 Å². The number of likely N-dealkylation sites (N-methyl/N-ethyl adjacent to an activating group) is 1. The third-order valence-electron chi connectivity index (χ3n) is 3.49. The maximum atomic E-state index is 11.5. The maximum absolute atomic E-state index is 11.5. The van der Waals surface area contributed by atoms with Crippen LogP contribution < -0.4 is 15.2 Å². The number of ether oxygens (including phenoxy) is 2. The number of benzene rings is 2. The van der Waals surface area contributed by atoms with Crippen molar-refractivity contribution in [3.63, 3.8) is 0 Å². The number of hydrogen-bond acceptors (Lipinski definition) is 4. The minimum absolute atomic E-state index is 0.00586. The summed E-state index contributed by atoms with van der Waals surface area (Å²) >= 11 is 0. The molecule has 0 radical (unpaired) electrons. The Morgan fingerprint density at radius 3 is 2.48 bits per heavy atom. The molecule has 5 nitrogen and oxygen atoms in total. The molecule has 0 atom stereocenters. The molecule has 0 bridgehead atoms. The van der Waals surface area contributed by atoms with Gasteiger partial charge in [-0.3, -0.25) is 4.79 Å². The van der Waals surface area contributed by atoms with Crippen LogP contribution in [0, 0.1) is 0 Å². The van der Waals surface area contributed by atoms with Crippen LogP contribution in [-0.4, -0.2) is 31.5 Å². The Hall–Kier alpha value is -2.53. The van der Waals surface area contributed by atoms with Gasteiger partial charge in [-0.15, -0.1) is 0 Å². The molecule has 0 heterocycles. The molecule has 0 aliphatic heterocycles. The molecule has 122 valence electrons. The van der Waals surface area contributed by atoms with Crippen LogP contribution in [0.1, 0.15) is 11.1 Å². The second kappa shape index (κ2) is 8.19. The van der Waals surface area contributed by atoms with Crippen molar-refractivity contribution in [3.8, 4) is 11.5 Å². The summed E-state index contributed by atoms with van der Waals surface area (Å²) in [5, 5.41) is 0. The van der Waals surface area contributed by atoms with Gasteiger partial charge < -0.3 is 20.1 Å². The zero-order chi connectivity index (χ0) is 16.7. The molecular weight excluding hydrogens is 292 g/mol. The number of nitrogens with zero attached hydrogens (tertiary/aromatic N) is 1. The zero-order valence-electron chi connectivity index (χ0n) is 13.5. The van der Waals surface area contributed by atoms with Gasteiger partial charge >= 0.3 is 0 Å². The zero-order valence-corrected chi connectivity index (χ0v) is 13.5. The molecule has 0 aliphatic carbocycles. The van der Waals surface area contributed by atoms with Gasteiger partial charge in [-0.25, -0.2) is 0 Å². The van der Waals surface area contributed by atoms with Gasteiger partial charge in [-0.2, -0.15) is 0 Å². The number of methoxy groups -OCH3 is 1. The minimum Gasteiger partial charge on any atom is -0.493 e. The summed E-state index contributed by atoms with van der Waals surface area (Å²) < 4.78 is 11.2. The monoisotopic (exact) mass is 314 g/mol. The Balaban J connectivity index is 2.05. The quantitative estimate of drug-likeness (QED) is 0.851. The van der Waals surface area contributed by atoms with Crippen molar-refractivity contribution in [2.45, 2.75) is 13.2 Å². The topological polar surface area (TPSA) is 64.8 Å². The molecule has 0 saturated heterocycles. The van der Waals surface area contributed by atoms with Crippen LogP contribution >= 0.6 is 0 Å². The first-order valence-corrected chi connectivity index (χ1v) is 7.41. The highest BCUT2D eigenvalue weighted by atomic mass is 16.5. The average molecular weight is 314 g/mol. The van der Waals surface area contributed by atoms with Gasteiger partial charge in [0.2, 0.25) is 5.91 Å². The van der Waals surface area contributed by atoms with Crippen molar-refractivity contribution in [1.82, 2.24) is 4.90 Å². The van der Waals surface area contributed by atoms with Crippen LogP contribution in [0.15, 0.2) is 48.5 Å². The first-order chi connectivity index (χ1) is 11.1. The highest BCUT2D eigenvalue weighted by molar-refractivity contribution is 5.77. The maximum Gasteiger partial charge on any atom is 0.236 e. The molecule has 0 aliphatic rings. The van der Waals surface area contributed by atoms with Crippen LogP contribution in [0.3, 0.4) is 0 Å². The van der Waals surface area contributed by atoms with Crippen LogP contribution in [-0.2, 0) is 17.9 Å². The summed E-state index contributed by atoms with van der Waals surface area (Å²) in [6.07, 6.45) is 0. The smallest absolute Gasteiger partial charge is 0.236 e. The normalized spacial score (nSPS) is 10.2. The van der Waals surface area contributed by atoms with E-state index in [1.54, 1.807) is 19.1 Å². The lowest BCUT2D eigenvalue weighted by Crippen LogP contribution is -2.32. The Labute approximate surface area is 136 Å². The highest BCUT2D eigenvalue weighted by Gasteiger charge is 2.10. The fourth-order valence-corrected chi connectivity index (χ4v) is 2.18. The third kappa shape index (κ3) is 4.72. The van der Waals surface area contributed by atoms with Crippen LogP contribution in [0.2, 0.25) is 0 Å². The second-order valence-corrected chi connectivity index (χ2v) is 5.21. The summed E-state index contributed by atoms with van der Waals surface area (Å²) in [5.41, 5.74) is 7.41. The highest BCUT2D eigenvalue weighted by Crippen LogP contribution is 2.29. The number of amides is 1. The summed E-state index contributed by atoms with van der Waals surface area (Å²) in [6, 6.07) is 15.6. The lowest BCUT2D eigenvalue weighted by atomic mass is 10.2. The van der Waals surface area contributed by atoms with E-state index in [9.17, 15) is 4.79 Å². The fraction of sp³-hybridized carbons (Fsp3) is 0.278. The molecule has 0 unspecified atom stereocenters. The second-order valence-electron chi connectivity index (χ2n) is 5.21. The summed E-state index contributed by atoms with van der Waals surface area (Å²) in [4.78, 5) is 13.1. The Kier molecular flexibility index (Phi) is 6.00. The van der Waals surface area contributed by atoms with E-state index in [-0.39, 0.29) is 12.5 Å². The van der Waals surface area contributed by atoms with Crippen molar-refractivity contribution in [3.05, 3.63) is 59.7 Å². The van der Waals surface area contributed by atoms with E-state index >= 15 is 0 Å². The van der Waals surface area contributed by atoms with E-state index in [0.29, 0.717) is 24.7 Å². The molecule has 0 aromatic heterocycles. The molecule has 0 spiro atoms. The average Bonchev–Trinajstić information content (AvgIpc) is 2.60. The van der Waals surface area contributed by atoms with E-state index in [0.717, 1.165) is 11.1 Å². The molecule has 0 saturated carbocycles. The fourth-order valence-electron chi connectivity index (χ4n) is 2.18. The SMILES string of the molecule is COc1cc(CN(C)C(=O)CN)ccc1OCc1ccccc1. The van der Waals surface area contributed by atoms with Gasteiger partial charge in [-0.05, 0) is 23.3 Å². The Bertz CT molecular complexity index is 644. The number of carbonyl (C=O) groups is 1. The lowest BCUT2D eigenvalue weighted by molar-refractivity contribution is -0.128. The van der Waals surface area contributed by atoms with Crippen molar-refractivity contribution in [2.75, 3.05) is 20.7 Å². The standard InChI is InChI=1S/C18H22N2O3/c1-20(18(21)11-19)12-15-8-9-16(17(10-15)22-2)23-13-14-6-4-3-5-7-14/h3-10H,11-13,19H2,1-2H3. The van der Waals surface area contributed by atoms with Gasteiger partial charge in [-0.1, -0.05) is 36.4 Å². The van der Waals surface area contributed by atoms with Gasteiger partial charge in [0.25, 0.3) is 0 Å². The number of carbonyl (C=O) groups excluding carboxylic acids is 1. The molecule has 2 N–H and O–H groups in total. The van der Waals surface area contributed by atoms with Gasteiger partial charge in [0.05, 0.1) is 13.7 Å². The number of nitrogens with two attached hydrogens (primary N) is 1. The Morgan fingerprint density at radius 1 is 1.09 bits per heavy atom. The summed E-state index contributed by atoms with van der Waals surface area (Å²) in [5.74, 6) is 1.22. The first-order valence-electron chi connectivity index (χ1n) is 7.41. The van der Waals surface area contributed by atoms with E-state index in [1.807, 2.05) is 48.5 Å². The largest absolute Gasteiger partial charge is 0.493 e. The summed E-state index contributed by atoms with van der Waals surface area (Å²) in [6.45, 7) is 0.958. The van der Waals surface area contributed by atoms with Crippen LogP contribution in [0.5, 0.6) is 11.5 Å². The van der Waals surface area contributed by atoms with Crippen LogP contribution in [0.25, 0.3) is 0 Å². The molecular formula is C18H22N2O3. The number of hydrogen-bond donors (Lipinski definition) is 1. The van der Waals surface area contributed by atoms with E-state index in [1.165, 1.54) is 0 Å². The van der Waals surface area contributed by atoms with Crippen molar-refractivity contribution < 1.29 is 14.3 Å². The molecule has 2 aromatic carbocycles. The predicted octanol–water partition coefficient (Wildman–Crippen LogP) is 2.19. The lowest BCUT2D eigenvalue weighted by Gasteiger charge is -2.18. The van der Waals surface area contributed by atoms with Gasteiger partial charge in [0, 0.05) is 13.6 Å². The molecule has 5 heteroatoms. The van der Waals surface area contributed by atoms with Crippen molar-refractivity contribution in [1.29, 1.82) is 0 Å². The minimum atomic E-state index is -0.103. The van der Waals surface area contributed by atoms with Crippen molar-refractivity contribution in [2.24, 2.45) is 5.73 Å². The molecule has 23 heavy (non-hydrogen) atoms. The number of rotatable bonds is 7. The summed E-state index contributed by atoms with van der Waals surface area (Å²) in [7, 11) is 3.32. The molecule has 1 amide bonds. The Morgan fingerprint density at radius 2 is 1.83 bits per heavy atom. The van der Waals surface area contributed by atoms with Gasteiger partial charge in [0.1, 0.15) is 6.61 Å². The molecule has 2 rings (SSSR count). The van der Waals surface area contributed by atoms with E-state index in [2.05, 4.69) is 0 Å². The first kappa shape index (κ1) is 16.8. The van der Waals surface area contributed by atoms with Crippen LogP contribution in [0.4, 0.5) is 0 Å². The predicted molar refractivity (Wildman–Crippen MR) is 89.3 cm³/mol. The third-order valence-corrected chi connectivity index (χ3v) is 3.49. The van der Waals surface area contributed by atoms with E-state index in [4.69, 9.17) is 15.2 Å². The molecule has 0 fully saturated rings. The molecule has 2 aromatic rings. The van der Waals surface area contributed by atoms with E-state index < -0.39 is 0 Å². The van der Waals surface area contributed by atoms with Gasteiger partial charge in [0.15, 0.2) is 11.5 Å².